The second-order valence-electron chi connectivity index (χ2n) is 7.95. The van der Waals surface area contributed by atoms with Gasteiger partial charge in [0, 0.05) is 18.0 Å². The maximum Gasteiger partial charge on any atom is 0.407 e. The molecule has 4 rings (SSSR count). The lowest BCUT2D eigenvalue weighted by Gasteiger charge is -2.29. The highest BCUT2D eigenvalue weighted by atomic mass is 16.5. The van der Waals surface area contributed by atoms with Gasteiger partial charge in [0.25, 0.3) is 0 Å². The molecule has 156 valence electrons. The largest absolute Gasteiger partial charge is 0.445 e. The van der Waals surface area contributed by atoms with Crippen LogP contribution in [0.5, 0.6) is 0 Å². The van der Waals surface area contributed by atoms with Gasteiger partial charge < -0.3 is 15.4 Å². The van der Waals surface area contributed by atoms with Gasteiger partial charge in [-0.05, 0) is 50.2 Å². The Morgan fingerprint density at radius 2 is 1.73 bits per heavy atom. The van der Waals surface area contributed by atoms with Gasteiger partial charge >= 0.3 is 6.09 Å². The van der Waals surface area contributed by atoms with Gasteiger partial charge in [0.1, 0.15) is 6.61 Å². The van der Waals surface area contributed by atoms with E-state index >= 15 is 0 Å². The van der Waals surface area contributed by atoms with E-state index in [1.54, 1.807) is 0 Å². The predicted molar refractivity (Wildman–Crippen MR) is 118 cm³/mol. The van der Waals surface area contributed by atoms with Crippen molar-refractivity contribution in [3.63, 3.8) is 0 Å². The van der Waals surface area contributed by atoms with E-state index in [9.17, 15) is 4.79 Å². The second-order valence-corrected chi connectivity index (χ2v) is 7.95. The number of aromatic nitrogens is 2. The quantitative estimate of drug-likeness (QED) is 0.615. The molecule has 1 heterocycles. The molecule has 0 bridgehead atoms. The topological polar surface area (TPSA) is 76.1 Å². The van der Waals surface area contributed by atoms with E-state index in [0.29, 0.717) is 31.1 Å². The summed E-state index contributed by atoms with van der Waals surface area (Å²) in [7, 11) is 0. The van der Waals surface area contributed by atoms with E-state index in [1.165, 1.54) is 0 Å². The van der Waals surface area contributed by atoms with Crippen LogP contribution < -0.4 is 10.6 Å². The monoisotopic (exact) mass is 404 g/mol. The third-order valence-corrected chi connectivity index (χ3v) is 5.72. The normalized spacial score (nSPS) is 18.7. The van der Waals surface area contributed by atoms with Crippen LogP contribution >= 0.6 is 0 Å². The van der Waals surface area contributed by atoms with Crippen molar-refractivity contribution in [3.05, 3.63) is 65.9 Å². The number of anilines is 1. The number of hydrogen-bond acceptors (Lipinski definition) is 5. The lowest BCUT2D eigenvalue weighted by molar-refractivity contribution is 0.136. The van der Waals surface area contributed by atoms with Crippen LogP contribution in [0, 0.1) is 12.8 Å². The van der Waals surface area contributed by atoms with Crippen molar-refractivity contribution in [3.8, 4) is 0 Å². The van der Waals surface area contributed by atoms with E-state index in [0.717, 1.165) is 47.8 Å². The number of ether oxygens (including phenoxy) is 1. The van der Waals surface area contributed by atoms with Crippen molar-refractivity contribution >= 4 is 22.9 Å². The van der Waals surface area contributed by atoms with Crippen molar-refractivity contribution in [1.82, 2.24) is 15.3 Å². The lowest BCUT2D eigenvalue weighted by atomic mass is 9.86. The number of rotatable bonds is 6. The summed E-state index contributed by atoms with van der Waals surface area (Å²) in [6.07, 6.45) is 3.85. The highest BCUT2D eigenvalue weighted by molar-refractivity contribution is 5.81. The standard InChI is InChI=1S/C24H28N4O2/c1-17-21-9-5-6-10-22(21)28-23(26-17)27-20-13-11-18(12-14-20)15-25-24(29)30-16-19-7-3-2-4-8-19/h2-10,18,20H,11-16H2,1H3,(H,25,29)(H,26,27,28). The Labute approximate surface area is 177 Å². The summed E-state index contributed by atoms with van der Waals surface area (Å²) in [5.41, 5.74) is 2.96. The summed E-state index contributed by atoms with van der Waals surface area (Å²) in [4.78, 5) is 21.2. The second kappa shape index (κ2) is 9.57. The Morgan fingerprint density at radius 1 is 1.00 bits per heavy atom. The molecule has 0 radical (unpaired) electrons. The zero-order valence-corrected chi connectivity index (χ0v) is 17.3. The first-order chi connectivity index (χ1) is 14.7. The molecule has 1 aliphatic rings. The van der Waals surface area contributed by atoms with Crippen LogP contribution in [0.3, 0.4) is 0 Å². The summed E-state index contributed by atoms with van der Waals surface area (Å²) >= 11 is 0. The summed E-state index contributed by atoms with van der Waals surface area (Å²) in [6, 6.07) is 18.2. The van der Waals surface area contributed by atoms with Crippen LogP contribution in [0.1, 0.15) is 36.9 Å². The minimum absolute atomic E-state index is 0.300. The molecule has 1 aromatic heterocycles. The molecule has 0 atom stereocenters. The van der Waals surface area contributed by atoms with Gasteiger partial charge in [0.05, 0.1) is 11.2 Å². The number of fused-ring (bicyclic) bond motifs is 1. The third kappa shape index (κ3) is 5.26. The predicted octanol–water partition coefficient (Wildman–Crippen LogP) is 4.84. The highest BCUT2D eigenvalue weighted by Gasteiger charge is 2.22. The number of benzene rings is 2. The van der Waals surface area contributed by atoms with Gasteiger partial charge in [-0.3, -0.25) is 0 Å². The summed E-state index contributed by atoms with van der Waals surface area (Å²) in [6.45, 7) is 2.98. The highest BCUT2D eigenvalue weighted by Crippen LogP contribution is 2.26. The number of carbonyl (C=O) groups is 1. The molecule has 1 fully saturated rings. The molecule has 2 aromatic carbocycles. The molecule has 1 aliphatic carbocycles. The minimum Gasteiger partial charge on any atom is -0.445 e. The number of carbonyl (C=O) groups excluding carboxylic acids is 1. The number of hydrogen-bond donors (Lipinski definition) is 2. The molecule has 1 saturated carbocycles. The van der Waals surface area contributed by atoms with E-state index in [4.69, 9.17) is 4.74 Å². The Hall–Kier alpha value is -3.15. The first kappa shape index (κ1) is 20.1. The summed E-state index contributed by atoms with van der Waals surface area (Å²) in [5, 5.41) is 7.51. The van der Waals surface area contributed by atoms with E-state index in [1.807, 2.05) is 55.5 Å². The number of para-hydroxylation sites is 1. The molecule has 0 unspecified atom stereocenters. The van der Waals surface area contributed by atoms with Gasteiger partial charge in [-0.15, -0.1) is 0 Å². The molecule has 6 nitrogen and oxygen atoms in total. The Bertz CT molecular complexity index is 985. The fourth-order valence-corrected chi connectivity index (χ4v) is 4.00. The molecule has 0 spiro atoms. The maximum absolute atomic E-state index is 11.9. The number of nitrogens with one attached hydrogen (secondary N) is 2. The van der Waals surface area contributed by atoms with E-state index < -0.39 is 0 Å². The van der Waals surface area contributed by atoms with Crippen molar-refractivity contribution in [2.75, 3.05) is 11.9 Å². The molecule has 0 aliphatic heterocycles. The first-order valence-corrected chi connectivity index (χ1v) is 10.6. The fraction of sp³-hybridized carbons (Fsp3) is 0.375. The van der Waals surface area contributed by atoms with Gasteiger partial charge in [-0.1, -0.05) is 48.5 Å². The first-order valence-electron chi connectivity index (χ1n) is 10.6. The Morgan fingerprint density at radius 3 is 2.53 bits per heavy atom. The fourth-order valence-electron chi connectivity index (χ4n) is 4.00. The Kier molecular flexibility index (Phi) is 6.42. The van der Waals surface area contributed by atoms with Crippen molar-refractivity contribution in [2.45, 2.75) is 45.3 Å². The van der Waals surface area contributed by atoms with Gasteiger partial charge in [-0.2, -0.15) is 0 Å². The Balaban J connectivity index is 1.20. The maximum atomic E-state index is 11.9. The molecule has 1 amide bonds. The third-order valence-electron chi connectivity index (χ3n) is 5.72. The van der Waals surface area contributed by atoms with Gasteiger partial charge in [-0.25, -0.2) is 14.8 Å². The van der Waals surface area contributed by atoms with Crippen molar-refractivity contribution < 1.29 is 9.53 Å². The van der Waals surface area contributed by atoms with Crippen LogP contribution in [-0.2, 0) is 11.3 Å². The summed E-state index contributed by atoms with van der Waals surface area (Å²) < 4.78 is 5.29. The average molecular weight is 405 g/mol. The summed E-state index contributed by atoms with van der Waals surface area (Å²) in [5.74, 6) is 1.18. The van der Waals surface area contributed by atoms with Crippen LogP contribution in [0.2, 0.25) is 0 Å². The van der Waals surface area contributed by atoms with Crippen LogP contribution in [0.25, 0.3) is 10.9 Å². The minimum atomic E-state index is -0.348. The molecule has 0 saturated heterocycles. The number of amides is 1. The number of alkyl carbamates (subject to hydrolysis) is 1. The van der Waals surface area contributed by atoms with E-state index in [2.05, 4.69) is 26.7 Å². The molecule has 2 N–H and O–H groups in total. The number of aryl methyl sites for hydroxylation is 1. The molecule has 3 aromatic rings. The van der Waals surface area contributed by atoms with Crippen LogP contribution in [-0.4, -0.2) is 28.6 Å². The molecule has 6 heteroatoms. The van der Waals surface area contributed by atoms with Gasteiger partial charge in [0.15, 0.2) is 0 Å². The molecular formula is C24H28N4O2. The lowest BCUT2D eigenvalue weighted by Crippen LogP contribution is -2.34. The SMILES string of the molecule is Cc1nc(NC2CCC(CNC(=O)OCc3ccccc3)CC2)nc2ccccc12. The molecular weight excluding hydrogens is 376 g/mol. The smallest absolute Gasteiger partial charge is 0.407 e. The van der Waals surface area contributed by atoms with Crippen molar-refractivity contribution in [1.29, 1.82) is 0 Å². The number of nitrogens with zero attached hydrogens (tertiary/aromatic N) is 2. The average Bonchev–Trinajstić information content (AvgIpc) is 2.78. The van der Waals surface area contributed by atoms with Crippen LogP contribution in [0.15, 0.2) is 54.6 Å². The van der Waals surface area contributed by atoms with E-state index in [-0.39, 0.29) is 6.09 Å². The van der Waals surface area contributed by atoms with Crippen LogP contribution in [0.4, 0.5) is 10.7 Å². The van der Waals surface area contributed by atoms with Gasteiger partial charge in [0.2, 0.25) is 5.95 Å². The zero-order valence-electron chi connectivity index (χ0n) is 17.3. The molecule has 30 heavy (non-hydrogen) atoms. The van der Waals surface area contributed by atoms with Crippen molar-refractivity contribution in [2.24, 2.45) is 5.92 Å². The zero-order chi connectivity index (χ0) is 20.8.